The summed E-state index contributed by atoms with van der Waals surface area (Å²) >= 11 is 0. The molecule has 1 unspecified atom stereocenters. The maximum atomic E-state index is 11.0. The summed E-state index contributed by atoms with van der Waals surface area (Å²) < 4.78 is 10.4. The predicted octanol–water partition coefficient (Wildman–Crippen LogP) is 2.26. The van der Waals surface area contributed by atoms with E-state index in [9.17, 15) is 10.1 Å². The smallest absolute Gasteiger partial charge is 0.314 e. The fourth-order valence-electron chi connectivity index (χ4n) is 1.71. The van der Waals surface area contributed by atoms with Crippen LogP contribution in [0.2, 0.25) is 0 Å². The molecule has 114 valence electrons. The van der Waals surface area contributed by atoms with Crippen molar-refractivity contribution in [3.63, 3.8) is 0 Å². The van der Waals surface area contributed by atoms with Gasteiger partial charge in [0.1, 0.15) is 5.75 Å². The van der Waals surface area contributed by atoms with Crippen molar-refractivity contribution >= 4 is 5.69 Å². The van der Waals surface area contributed by atoms with Gasteiger partial charge in [-0.2, -0.15) is 5.26 Å². The molecule has 1 rings (SSSR count). The van der Waals surface area contributed by atoms with Crippen molar-refractivity contribution in [3.05, 3.63) is 28.3 Å². The summed E-state index contributed by atoms with van der Waals surface area (Å²) in [5, 5.41) is 23.0. The van der Waals surface area contributed by atoms with E-state index >= 15 is 0 Å². The number of hydrogen-bond acceptors (Lipinski definition) is 6. The lowest BCUT2D eigenvalue weighted by molar-refractivity contribution is -0.385. The van der Waals surface area contributed by atoms with Crippen molar-refractivity contribution in [2.75, 3.05) is 20.3 Å². The molecule has 1 N–H and O–H groups in total. The minimum Gasteiger partial charge on any atom is -0.496 e. The highest BCUT2D eigenvalue weighted by Crippen LogP contribution is 2.31. The Labute approximate surface area is 123 Å². The highest BCUT2D eigenvalue weighted by atomic mass is 16.6. The lowest BCUT2D eigenvalue weighted by atomic mass is 10.2. The van der Waals surface area contributed by atoms with E-state index < -0.39 is 4.92 Å². The van der Waals surface area contributed by atoms with Gasteiger partial charge in [0, 0.05) is 6.42 Å². The first-order valence-electron chi connectivity index (χ1n) is 6.70. The van der Waals surface area contributed by atoms with E-state index in [1.807, 2.05) is 6.92 Å². The molecule has 1 aromatic carbocycles. The molecule has 1 aromatic rings. The second kappa shape index (κ2) is 8.76. The molecule has 0 aliphatic carbocycles. The van der Waals surface area contributed by atoms with Gasteiger partial charge >= 0.3 is 5.69 Å². The van der Waals surface area contributed by atoms with Crippen LogP contribution in [0.5, 0.6) is 11.5 Å². The van der Waals surface area contributed by atoms with Gasteiger partial charge in [-0.3, -0.25) is 10.1 Å². The molecule has 21 heavy (non-hydrogen) atoms. The van der Waals surface area contributed by atoms with Gasteiger partial charge in [0.25, 0.3) is 0 Å². The summed E-state index contributed by atoms with van der Waals surface area (Å²) in [6, 6.07) is 6.22. The number of nitrogens with zero attached hydrogens (tertiary/aromatic N) is 2. The topological polar surface area (TPSA) is 97.4 Å². The summed E-state index contributed by atoms with van der Waals surface area (Å²) in [5.74, 6) is 0.571. The number of nitro groups is 1. The monoisotopic (exact) mass is 293 g/mol. The zero-order chi connectivity index (χ0) is 15.7. The highest BCUT2D eigenvalue weighted by molar-refractivity contribution is 5.50. The third-order valence-corrected chi connectivity index (χ3v) is 2.82. The molecule has 0 heterocycles. The largest absolute Gasteiger partial charge is 0.496 e. The Morgan fingerprint density at radius 3 is 2.86 bits per heavy atom. The Hall–Kier alpha value is -2.33. The van der Waals surface area contributed by atoms with Crippen LogP contribution in [0.1, 0.15) is 19.8 Å². The number of hydrogen-bond donors (Lipinski definition) is 1. The molecule has 0 aliphatic rings. The number of rotatable bonds is 9. The van der Waals surface area contributed by atoms with Crippen LogP contribution in [0, 0.1) is 21.4 Å². The first kappa shape index (κ1) is 16.7. The molecule has 0 aliphatic heterocycles. The predicted molar refractivity (Wildman–Crippen MR) is 77.5 cm³/mol. The Morgan fingerprint density at radius 2 is 2.29 bits per heavy atom. The summed E-state index contributed by atoms with van der Waals surface area (Å²) in [5.41, 5.74) is -0.149. The molecule has 0 radical (unpaired) electrons. The molecule has 0 bridgehead atoms. The van der Waals surface area contributed by atoms with Crippen molar-refractivity contribution in [1.29, 1.82) is 5.26 Å². The van der Waals surface area contributed by atoms with Gasteiger partial charge in [0.05, 0.1) is 36.8 Å². The van der Waals surface area contributed by atoms with Crippen molar-refractivity contribution in [2.24, 2.45) is 0 Å². The van der Waals surface area contributed by atoms with E-state index in [0.717, 1.165) is 13.0 Å². The third-order valence-electron chi connectivity index (χ3n) is 2.82. The number of nitrogens with one attached hydrogen (secondary N) is 1. The minimum absolute atomic E-state index is 0.149. The van der Waals surface area contributed by atoms with Crippen molar-refractivity contribution < 1.29 is 14.4 Å². The maximum absolute atomic E-state index is 11.0. The Morgan fingerprint density at radius 1 is 1.52 bits per heavy atom. The molecule has 7 nitrogen and oxygen atoms in total. The van der Waals surface area contributed by atoms with Crippen LogP contribution < -0.4 is 14.8 Å². The van der Waals surface area contributed by atoms with E-state index in [2.05, 4.69) is 11.4 Å². The minimum atomic E-state index is -0.519. The van der Waals surface area contributed by atoms with Crippen LogP contribution in [-0.4, -0.2) is 31.2 Å². The molecule has 0 saturated carbocycles. The van der Waals surface area contributed by atoms with Gasteiger partial charge in [-0.15, -0.1) is 0 Å². The third kappa shape index (κ3) is 5.28. The summed E-state index contributed by atoms with van der Waals surface area (Å²) in [6.45, 7) is 2.99. The van der Waals surface area contributed by atoms with E-state index in [-0.39, 0.29) is 24.1 Å². The van der Waals surface area contributed by atoms with Crippen LogP contribution in [0.25, 0.3) is 0 Å². The van der Waals surface area contributed by atoms with Gasteiger partial charge < -0.3 is 14.8 Å². The number of methoxy groups -OCH3 is 1. The molecule has 0 fully saturated rings. The number of nitriles is 1. The maximum Gasteiger partial charge on any atom is 0.314 e. The quantitative estimate of drug-likeness (QED) is 0.554. The second-order valence-corrected chi connectivity index (χ2v) is 4.36. The molecule has 1 atom stereocenters. The Balaban J connectivity index is 2.62. The zero-order valence-corrected chi connectivity index (χ0v) is 12.2. The number of benzene rings is 1. The molecule has 0 aromatic heterocycles. The summed E-state index contributed by atoms with van der Waals surface area (Å²) in [6.07, 6.45) is 1.39. The standard InChI is InChI=1S/C14H19N3O4/c1-3-7-16-11(10-15)6-8-21-14-5-4-12(20-2)9-13(14)17(18)19/h4-5,9,11,16H,3,6-8H2,1-2H3. The molecule has 0 spiro atoms. The molecular formula is C14H19N3O4. The van der Waals surface area contributed by atoms with Gasteiger partial charge in [-0.1, -0.05) is 6.92 Å². The fraction of sp³-hybridized carbons (Fsp3) is 0.500. The average Bonchev–Trinajstić information content (AvgIpc) is 2.50. The second-order valence-electron chi connectivity index (χ2n) is 4.36. The molecule has 0 saturated heterocycles. The van der Waals surface area contributed by atoms with Crippen LogP contribution in [-0.2, 0) is 0 Å². The lowest BCUT2D eigenvalue weighted by Crippen LogP contribution is -2.29. The van der Waals surface area contributed by atoms with Crippen molar-refractivity contribution in [2.45, 2.75) is 25.8 Å². The lowest BCUT2D eigenvalue weighted by Gasteiger charge is -2.12. The highest BCUT2D eigenvalue weighted by Gasteiger charge is 2.17. The summed E-state index contributed by atoms with van der Waals surface area (Å²) in [7, 11) is 1.44. The van der Waals surface area contributed by atoms with E-state index in [4.69, 9.17) is 14.7 Å². The zero-order valence-electron chi connectivity index (χ0n) is 12.2. The van der Waals surface area contributed by atoms with E-state index in [1.54, 1.807) is 6.07 Å². The van der Waals surface area contributed by atoms with E-state index in [1.165, 1.54) is 19.2 Å². The van der Waals surface area contributed by atoms with Crippen LogP contribution in [0.4, 0.5) is 5.69 Å². The fourth-order valence-corrected chi connectivity index (χ4v) is 1.71. The molecule has 0 amide bonds. The normalized spacial score (nSPS) is 11.5. The summed E-state index contributed by atoms with van der Waals surface area (Å²) in [4.78, 5) is 10.5. The average molecular weight is 293 g/mol. The van der Waals surface area contributed by atoms with Gasteiger partial charge in [-0.25, -0.2) is 0 Å². The van der Waals surface area contributed by atoms with Crippen molar-refractivity contribution in [1.82, 2.24) is 5.32 Å². The van der Waals surface area contributed by atoms with Crippen LogP contribution >= 0.6 is 0 Å². The first-order chi connectivity index (χ1) is 10.1. The van der Waals surface area contributed by atoms with Gasteiger partial charge in [-0.05, 0) is 25.1 Å². The molecular weight excluding hydrogens is 274 g/mol. The Bertz CT molecular complexity index is 513. The first-order valence-corrected chi connectivity index (χ1v) is 6.70. The molecule has 7 heteroatoms. The van der Waals surface area contributed by atoms with Gasteiger partial charge in [0.15, 0.2) is 5.75 Å². The number of nitro benzene ring substituents is 1. The van der Waals surface area contributed by atoms with Crippen molar-refractivity contribution in [3.8, 4) is 17.6 Å². The van der Waals surface area contributed by atoms with Crippen LogP contribution in [0.3, 0.4) is 0 Å². The Kier molecular flexibility index (Phi) is 6.98. The van der Waals surface area contributed by atoms with Gasteiger partial charge in [0.2, 0.25) is 0 Å². The van der Waals surface area contributed by atoms with E-state index in [0.29, 0.717) is 12.2 Å². The van der Waals surface area contributed by atoms with Crippen LogP contribution in [0.15, 0.2) is 18.2 Å². The SMILES string of the molecule is CCCNC(C#N)CCOc1ccc(OC)cc1[N+](=O)[O-]. The number of ether oxygens (including phenoxy) is 2.